The zero-order chi connectivity index (χ0) is 22.1. The van der Waals surface area contributed by atoms with Gasteiger partial charge in [-0.1, -0.05) is 10.6 Å². The van der Waals surface area contributed by atoms with E-state index in [1.54, 1.807) is 10.3 Å². The molecule has 158 valence electrons. The number of rotatable bonds is 5. The highest BCUT2D eigenvalue weighted by atomic mass is 32.1. The number of aryl methyl sites for hydroxylation is 3. The van der Waals surface area contributed by atoms with Crippen LogP contribution in [0.25, 0.3) is 0 Å². The number of nitrogens with zero attached hydrogens (tertiary/aromatic N) is 3. The summed E-state index contributed by atoms with van der Waals surface area (Å²) in [6.07, 6.45) is 0. The van der Waals surface area contributed by atoms with Gasteiger partial charge in [0.2, 0.25) is 5.91 Å². The molecule has 3 aromatic rings. The predicted octanol–water partition coefficient (Wildman–Crippen LogP) is 4.83. The average Bonchev–Trinajstić information content (AvgIpc) is 3.28. The fourth-order valence-electron chi connectivity index (χ4n) is 3.31. The van der Waals surface area contributed by atoms with Crippen molar-refractivity contribution in [3.8, 4) is 0 Å². The zero-order valence-electron chi connectivity index (χ0n) is 18.0. The minimum absolute atomic E-state index is 0.224. The van der Waals surface area contributed by atoms with Crippen molar-refractivity contribution in [2.45, 2.75) is 53.1 Å². The molecule has 2 heterocycles. The van der Waals surface area contributed by atoms with Crippen LogP contribution in [0.2, 0.25) is 0 Å². The molecule has 2 aromatic heterocycles. The predicted molar refractivity (Wildman–Crippen MR) is 122 cm³/mol. The summed E-state index contributed by atoms with van der Waals surface area (Å²) in [6.45, 7) is 11.7. The minimum atomic E-state index is -0.820. The van der Waals surface area contributed by atoms with Crippen molar-refractivity contribution in [1.29, 1.82) is 0 Å². The molecule has 6 nitrogen and oxygen atoms in total. The number of nitrogens with one attached hydrogen (secondary N) is 1. The van der Waals surface area contributed by atoms with E-state index in [0.717, 1.165) is 33.1 Å². The van der Waals surface area contributed by atoms with Crippen molar-refractivity contribution in [1.82, 2.24) is 14.9 Å². The molecule has 30 heavy (non-hydrogen) atoms. The number of carbonyl (C=O) groups excluding carboxylic acids is 2. The van der Waals surface area contributed by atoms with Crippen molar-refractivity contribution in [3.63, 3.8) is 0 Å². The molecule has 0 aliphatic carbocycles. The Morgan fingerprint density at radius 3 is 2.27 bits per heavy atom. The molecular formula is C22H26N4O2S2. The number of hydrogen-bond acceptors (Lipinski definition) is 6. The Balaban J connectivity index is 2.21. The van der Waals surface area contributed by atoms with Gasteiger partial charge in [-0.25, -0.2) is 0 Å². The van der Waals surface area contributed by atoms with Crippen LogP contribution >= 0.6 is 22.9 Å². The van der Waals surface area contributed by atoms with Gasteiger partial charge in [-0.3, -0.25) is 14.5 Å². The maximum atomic E-state index is 13.6. The van der Waals surface area contributed by atoms with E-state index >= 15 is 0 Å². The van der Waals surface area contributed by atoms with E-state index in [4.69, 9.17) is 0 Å². The summed E-state index contributed by atoms with van der Waals surface area (Å²) in [4.78, 5) is 29.5. The van der Waals surface area contributed by atoms with Gasteiger partial charge in [0.25, 0.3) is 5.91 Å². The van der Waals surface area contributed by atoms with Crippen molar-refractivity contribution in [2.24, 2.45) is 0 Å². The van der Waals surface area contributed by atoms with E-state index in [0.29, 0.717) is 5.69 Å². The number of aromatic nitrogens is 2. The number of hydrogen-bond donors (Lipinski definition) is 1. The summed E-state index contributed by atoms with van der Waals surface area (Å²) in [5.74, 6) is -0.584. The van der Waals surface area contributed by atoms with Crippen molar-refractivity contribution in [2.75, 3.05) is 4.90 Å². The lowest BCUT2D eigenvalue weighted by molar-refractivity contribution is -0.123. The average molecular weight is 443 g/mol. The van der Waals surface area contributed by atoms with Gasteiger partial charge in [0.05, 0.1) is 0 Å². The highest BCUT2D eigenvalue weighted by Crippen LogP contribution is 2.35. The lowest BCUT2D eigenvalue weighted by Crippen LogP contribution is -2.49. The van der Waals surface area contributed by atoms with Crippen LogP contribution in [-0.4, -0.2) is 26.9 Å². The van der Waals surface area contributed by atoms with Gasteiger partial charge in [-0.15, -0.1) is 16.4 Å². The minimum Gasteiger partial charge on any atom is -0.349 e. The Kier molecular flexibility index (Phi) is 6.38. The summed E-state index contributed by atoms with van der Waals surface area (Å²) >= 11 is 2.58. The van der Waals surface area contributed by atoms with Gasteiger partial charge in [-0.05, 0) is 93.3 Å². The van der Waals surface area contributed by atoms with Gasteiger partial charge in [0.1, 0.15) is 0 Å². The maximum Gasteiger partial charge on any atom is 0.280 e. The summed E-state index contributed by atoms with van der Waals surface area (Å²) < 4.78 is 3.84. The molecule has 0 aliphatic rings. The van der Waals surface area contributed by atoms with E-state index < -0.39 is 11.6 Å². The molecule has 1 atom stereocenters. The van der Waals surface area contributed by atoms with E-state index in [1.165, 1.54) is 11.3 Å². The first-order valence-electron chi connectivity index (χ1n) is 9.62. The lowest BCUT2D eigenvalue weighted by atomic mass is 10.0. The zero-order valence-corrected chi connectivity index (χ0v) is 19.6. The third-order valence-electron chi connectivity index (χ3n) is 4.44. The summed E-state index contributed by atoms with van der Waals surface area (Å²) in [5, 5.41) is 10.6. The second kappa shape index (κ2) is 8.65. The van der Waals surface area contributed by atoms with E-state index in [-0.39, 0.29) is 17.5 Å². The van der Waals surface area contributed by atoms with Gasteiger partial charge in [0.15, 0.2) is 11.7 Å². The van der Waals surface area contributed by atoms with Crippen LogP contribution in [0.15, 0.2) is 35.0 Å². The standard InChI is InChI=1S/C22H26N4O2S2/c1-13-9-14(2)11-16(10-13)26(21(28)17-12-30-25-24-17)18(19-15(3)7-8-29-19)20(27)23-22(4,5)6/h7-12,18H,1-6H3,(H,23,27). The number of amides is 2. The molecule has 1 N–H and O–H groups in total. The van der Waals surface area contributed by atoms with Crippen molar-refractivity contribution < 1.29 is 9.59 Å². The fourth-order valence-corrected chi connectivity index (χ4v) is 4.75. The molecule has 0 spiro atoms. The van der Waals surface area contributed by atoms with Crippen molar-refractivity contribution in [3.05, 3.63) is 62.3 Å². The van der Waals surface area contributed by atoms with Crippen LogP contribution in [0.3, 0.4) is 0 Å². The second-order valence-corrected chi connectivity index (χ2v) is 9.98. The Bertz CT molecular complexity index is 1030. The second-order valence-electron chi connectivity index (χ2n) is 8.42. The van der Waals surface area contributed by atoms with Crippen molar-refractivity contribution >= 4 is 40.4 Å². The Labute approximate surface area is 185 Å². The lowest BCUT2D eigenvalue weighted by Gasteiger charge is -2.33. The smallest absolute Gasteiger partial charge is 0.280 e. The largest absolute Gasteiger partial charge is 0.349 e. The highest BCUT2D eigenvalue weighted by Gasteiger charge is 2.37. The summed E-state index contributed by atoms with van der Waals surface area (Å²) in [6, 6.07) is 7.03. The van der Waals surface area contributed by atoms with E-state index in [2.05, 4.69) is 14.9 Å². The van der Waals surface area contributed by atoms with Gasteiger partial charge < -0.3 is 5.32 Å². The molecule has 1 aromatic carbocycles. The number of carbonyl (C=O) groups is 2. The molecule has 3 rings (SSSR count). The molecular weight excluding hydrogens is 416 g/mol. The molecule has 8 heteroatoms. The molecule has 0 fully saturated rings. The van der Waals surface area contributed by atoms with Crippen LogP contribution in [0.1, 0.15) is 58.9 Å². The van der Waals surface area contributed by atoms with Crippen LogP contribution in [0.5, 0.6) is 0 Å². The first-order valence-corrected chi connectivity index (χ1v) is 11.3. The quantitative estimate of drug-likeness (QED) is 0.614. The Morgan fingerprint density at radius 1 is 1.10 bits per heavy atom. The van der Waals surface area contributed by atoms with E-state index in [1.807, 2.05) is 71.2 Å². The SMILES string of the molecule is Cc1cc(C)cc(N(C(=O)c2csnn2)C(C(=O)NC(C)(C)C)c2sccc2C)c1. The number of benzene rings is 1. The Morgan fingerprint density at radius 2 is 1.77 bits per heavy atom. The molecule has 0 radical (unpaired) electrons. The first kappa shape index (κ1) is 22.1. The van der Waals surface area contributed by atoms with Crippen LogP contribution < -0.4 is 10.2 Å². The molecule has 2 amide bonds. The normalized spacial score (nSPS) is 12.5. The summed E-state index contributed by atoms with van der Waals surface area (Å²) in [7, 11) is 0. The molecule has 0 saturated heterocycles. The monoisotopic (exact) mass is 442 g/mol. The Hall–Kier alpha value is -2.58. The molecule has 0 saturated carbocycles. The number of thiophene rings is 1. The van der Waals surface area contributed by atoms with Gasteiger partial charge in [0, 0.05) is 21.5 Å². The van der Waals surface area contributed by atoms with Crippen LogP contribution in [0, 0.1) is 20.8 Å². The maximum absolute atomic E-state index is 13.6. The van der Waals surface area contributed by atoms with E-state index in [9.17, 15) is 9.59 Å². The third-order valence-corrected chi connectivity index (χ3v) is 6.01. The number of anilines is 1. The molecule has 0 bridgehead atoms. The van der Waals surface area contributed by atoms with Gasteiger partial charge in [-0.2, -0.15) is 0 Å². The molecule has 1 unspecified atom stereocenters. The van der Waals surface area contributed by atoms with Gasteiger partial charge >= 0.3 is 0 Å². The van der Waals surface area contributed by atoms with Crippen LogP contribution in [-0.2, 0) is 4.79 Å². The van der Waals surface area contributed by atoms with Crippen LogP contribution in [0.4, 0.5) is 5.69 Å². The highest BCUT2D eigenvalue weighted by molar-refractivity contribution is 7.10. The fraction of sp³-hybridized carbons (Fsp3) is 0.364. The first-order chi connectivity index (χ1) is 14.1. The third kappa shape index (κ3) is 4.94. The molecule has 0 aliphatic heterocycles. The summed E-state index contributed by atoms with van der Waals surface area (Å²) in [5.41, 5.74) is 3.43. The topological polar surface area (TPSA) is 75.2 Å².